The Labute approximate surface area is 290 Å². The van der Waals surface area contributed by atoms with E-state index < -0.39 is 72.3 Å². The molecule has 4 rings (SSSR count). The van der Waals surface area contributed by atoms with Gasteiger partial charge in [-0.3, -0.25) is 18.7 Å². The monoisotopic (exact) mass is 724 g/mol. The summed E-state index contributed by atoms with van der Waals surface area (Å²) < 4.78 is 61.7. The molecule has 2 amide bonds. The summed E-state index contributed by atoms with van der Waals surface area (Å²) in [7, 11) is -7.92. The molecular formula is C34H54N4O9P2+2. The maximum Gasteiger partial charge on any atom is 0.334 e. The number of nitrogens with two attached hydrogens (primary N) is 2. The van der Waals surface area contributed by atoms with E-state index in [1.807, 2.05) is 41.5 Å². The standard InChI is InChI=1S/C34H52N4O9P2/c1-29(2)27(37-17-13-15-23(19-37)25(35)39)45-33(9,31(29,5)6)21-43-48(11,41)47-49(12,42)44-22-34(10)32(7,8)30(3,4)28(46-34)38-18-14-16-24(20-38)26(36)40/h13-20,27-28H,21-22H2,1-12H3,(H2-2,35,36,39,40)/p+2/t27?,28?,33-,34-,48?,49?/m1/s1. The van der Waals surface area contributed by atoms with Gasteiger partial charge in [-0.15, -0.1) is 0 Å². The second kappa shape index (κ2) is 12.6. The number of pyridine rings is 2. The lowest BCUT2D eigenvalue weighted by Gasteiger charge is -2.42. The van der Waals surface area contributed by atoms with E-state index in [0.29, 0.717) is 11.1 Å². The van der Waals surface area contributed by atoms with Crippen LogP contribution in [0.3, 0.4) is 0 Å². The Balaban J connectivity index is 1.47. The van der Waals surface area contributed by atoms with Gasteiger partial charge in [0.25, 0.3) is 24.3 Å². The molecule has 0 aliphatic carbocycles. The van der Waals surface area contributed by atoms with Gasteiger partial charge in [0, 0.05) is 36.3 Å². The van der Waals surface area contributed by atoms with Gasteiger partial charge >= 0.3 is 15.2 Å². The zero-order valence-electron chi connectivity index (χ0n) is 30.8. The molecule has 2 aliphatic rings. The van der Waals surface area contributed by atoms with Crippen molar-refractivity contribution in [1.82, 2.24) is 0 Å². The topological polar surface area (TPSA) is 174 Å². The van der Waals surface area contributed by atoms with Crippen LogP contribution in [0.25, 0.3) is 0 Å². The summed E-state index contributed by atoms with van der Waals surface area (Å²) in [6, 6.07) is 6.72. The molecule has 0 aromatic carbocycles. The number of rotatable bonds is 12. The quantitative estimate of drug-likeness (QED) is 0.211. The molecule has 15 heteroatoms. The summed E-state index contributed by atoms with van der Waals surface area (Å²) in [6.07, 6.45) is 5.85. The van der Waals surface area contributed by atoms with E-state index in [1.165, 1.54) is 13.3 Å². The highest BCUT2D eigenvalue weighted by atomic mass is 31.3. The van der Waals surface area contributed by atoms with E-state index >= 15 is 0 Å². The highest BCUT2D eigenvalue weighted by Gasteiger charge is 2.68. The first-order valence-electron chi connectivity index (χ1n) is 16.3. The third-order valence-corrected chi connectivity index (χ3v) is 15.6. The van der Waals surface area contributed by atoms with Crippen LogP contribution in [-0.2, 0) is 32.0 Å². The molecule has 0 radical (unpaired) electrons. The van der Waals surface area contributed by atoms with Crippen LogP contribution < -0.4 is 20.6 Å². The number of carbonyl (C=O) groups excluding carboxylic acids is 2. The molecule has 2 aromatic rings. The van der Waals surface area contributed by atoms with Gasteiger partial charge < -0.3 is 30.0 Å². The van der Waals surface area contributed by atoms with Crippen LogP contribution in [0.1, 0.15) is 102 Å². The van der Waals surface area contributed by atoms with Gasteiger partial charge in [-0.1, -0.05) is 55.4 Å². The normalized spacial score (nSPS) is 30.7. The van der Waals surface area contributed by atoms with E-state index in [2.05, 4.69) is 27.7 Å². The van der Waals surface area contributed by atoms with Crippen molar-refractivity contribution in [1.29, 1.82) is 0 Å². The Morgan fingerprint density at radius 2 is 1.02 bits per heavy atom. The van der Waals surface area contributed by atoms with Gasteiger partial charge in [-0.05, 0) is 26.0 Å². The van der Waals surface area contributed by atoms with Crippen molar-refractivity contribution < 1.29 is 50.7 Å². The maximum atomic E-state index is 13.7. The van der Waals surface area contributed by atoms with E-state index in [9.17, 15) is 18.7 Å². The lowest BCUT2D eigenvalue weighted by molar-refractivity contribution is -0.773. The molecule has 0 bridgehead atoms. The highest BCUT2D eigenvalue weighted by molar-refractivity contribution is 7.66. The summed E-state index contributed by atoms with van der Waals surface area (Å²) >= 11 is 0. The molecule has 4 N–H and O–H groups in total. The first-order valence-corrected chi connectivity index (χ1v) is 20.2. The average molecular weight is 725 g/mol. The lowest BCUT2D eigenvalue weighted by Crippen LogP contribution is -2.50. The Morgan fingerprint density at radius 1 is 0.694 bits per heavy atom. The fourth-order valence-electron chi connectivity index (χ4n) is 6.72. The average Bonchev–Trinajstić information content (AvgIpc) is 3.23. The summed E-state index contributed by atoms with van der Waals surface area (Å²) in [5, 5.41) is 0. The van der Waals surface area contributed by atoms with Gasteiger partial charge in [-0.2, -0.15) is 9.13 Å². The van der Waals surface area contributed by atoms with Crippen molar-refractivity contribution >= 4 is 27.0 Å². The summed E-state index contributed by atoms with van der Waals surface area (Å²) in [5.41, 5.74) is 7.66. The third-order valence-electron chi connectivity index (χ3n) is 12.0. The smallest absolute Gasteiger partial charge is 0.334 e. The number of amides is 2. The zero-order valence-corrected chi connectivity index (χ0v) is 32.6. The van der Waals surface area contributed by atoms with Crippen molar-refractivity contribution in [3.63, 3.8) is 0 Å². The maximum absolute atomic E-state index is 13.7. The van der Waals surface area contributed by atoms with Crippen molar-refractivity contribution in [2.24, 2.45) is 33.1 Å². The summed E-state index contributed by atoms with van der Waals surface area (Å²) in [6.45, 7) is 22.3. The number of ether oxygens (including phenoxy) is 2. The van der Waals surface area contributed by atoms with Crippen LogP contribution in [0.15, 0.2) is 49.1 Å². The Kier molecular flexibility index (Phi) is 10.1. The third kappa shape index (κ3) is 6.93. The molecule has 2 saturated heterocycles. The molecule has 272 valence electrons. The van der Waals surface area contributed by atoms with Crippen LogP contribution in [0.2, 0.25) is 0 Å². The van der Waals surface area contributed by atoms with Crippen molar-refractivity contribution in [3.8, 4) is 0 Å². The second-order valence-corrected chi connectivity index (χ2v) is 20.3. The van der Waals surface area contributed by atoms with Crippen LogP contribution >= 0.6 is 15.2 Å². The van der Waals surface area contributed by atoms with Crippen molar-refractivity contribution in [2.75, 3.05) is 26.5 Å². The molecule has 0 saturated carbocycles. The number of carbonyl (C=O) groups is 2. The van der Waals surface area contributed by atoms with E-state index in [-0.39, 0.29) is 13.2 Å². The van der Waals surface area contributed by atoms with Crippen molar-refractivity contribution in [2.45, 2.75) is 92.9 Å². The molecule has 6 atom stereocenters. The number of hydrogen-bond donors (Lipinski definition) is 2. The predicted octanol–water partition coefficient (Wildman–Crippen LogP) is 5.54. The molecule has 2 aliphatic heterocycles. The van der Waals surface area contributed by atoms with Crippen molar-refractivity contribution in [3.05, 3.63) is 60.2 Å². The Hall–Kier alpha value is -2.50. The van der Waals surface area contributed by atoms with Gasteiger partial charge in [-0.25, -0.2) is 4.31 Å². The van der Waals surface area contributed by atoms with Crippen LogP contribution in [0.4, 0.5) is 0 Å². The summed E-state index contributed by atoms with van der Waals surface area (Å²) in [5.74, 6) is -1.11. The fourth-order valence-corrected chi connectivity index (χ4v) is 10.2. The summed E-state index contributed by atoms with van der Waals surface area (Å²) in [4.78, 5) is 23.7. The SMILES string of the molecule is CC1(C)C([n+]2cccc(C(N)=O)c2)O[C@](C)(COP(C)(=O)OP(C)(=O)OC[C@@]2(C)OC([n+]3cccc(C(N)=O)c3)C(C)(C)C2(C)C)C1(C)C. The molecule has 49 heavy (non-hydrogen) atoms. The molecule has 13 nitrogen and oxygen atoms in total. The predicted molar refractivity (Wildman–Crippen MR) is 183 cm³/mol. The minimum Gasteiger partial charge on any atom is -0.365 e. The number of hydrogen-bond acceptors (Lipinski definition) is 9. The molecule has 2 aromatic heterocycles. The first kappa shape index (κ1) is 39.3. The highest BCUT2D eigenvalue weighted by Crippen LogP contribution is 2.66. The van der Waals surface area contributed by atoms with Gasteiger partial charge in [0.05, 0.1) is 24.0 Å². The molecule has 4 heterocycles. The van der Waals surface area contributed by atoms with E-state index in [1.54, 1.807) is 58.2 Å². The lowest BCUT2D eigenvalue weighted by atomic mass is 9.61. The Morgan fingerprint density at radius 3 is 1.33 bits per heavy atom. The molecular weight excluding hydrogens is 670 g/mol. The fraction of sp³-hybridized carbons (Fsp3) is 0.647. The number of aromatic nitrogens is 2. The Bertz CT molecular complexity index is 1600. The number of primary amides is 2. The van der Waals surface area contributed by atoms with Crippen LogP contribution in [0, 0.1) is 21.7 Å². The van der Waals surface area contributed by atoms with Gasteiger partial charge in [0.1, 0.15) is 22.3 Å². The second-order valence-electron chi connectivity index (χ2n) is 16.1. The molecule has 4 unspecified atom stereocenters. The van der Waals surface area contributed by atoms with Gasteiger partial charge in [0.2, 0.25) is 0 Å². The van der Waals surface area contributed by atoms with Crippen LogP contribution in [-0.4, -0.2) is 49.6 Å². The first-order chi connectivity index (χ1) is 22.1. The van der Waals surface area contributed by atoms with Crippen LogP contribution in [0.5, 0.6) is 0 Å². The number of nitrogens with zero attached hydrogens (tertiary/aromatic N) is 2. The van der Waals surface area contributed by atoms with Gasteiger partial charge in [0.15, 0.2) is 24.8 Å². The van der Waals surface area contributed by atoms with E-state index in [0.717, 1.165) is 0 Å². The molecule has 0 spiro atoms. The minimum absolute atomic E-state index is 0.144. The largest absolute Gasteiger partial charge is 0.365 e. The minimum atomic E-state index is -3.96. The zero-order chi connectivity index (χ0) is 37.2. The van der Waals surface area contributed by atoms with E-state index in [4.69, 9.17) is 34.3 Å². The molecule has 2 fully saturated rings.